The maximum absolute atomic E-state index is 13.5. The minimum atomic E-state index is -2.23. The summed E-state index contributed by atoms with van der Waals surface area (Å²) in [4.78, 5) is 9.68. The van der Waals surface area contributed by atoms with Gasteiger partial charge >= 0.3 is 178 Å². The van der Waals surface area contributed by atoms with E-state index in [1.807, 2.05) is 6.92 Å². The molecule has 0 saturated heterocycles. The van der Waals surface area contributed by atoms with E-state index in [1.54, 1.807) is 12.1 Å². The average Bonchev–Trinajstić information content (AvgIpc) is 2.72. The molecule has 0 fully saturated rings. The zero-order chi connectivity index (χ0) is 21.0. The van der Waals surface area contributed by atoms with Crippen molar-refractivity contribution >= 4 is 50.1 Å². The third kappa shape index (κ3) is 3.09. The Morgan fingerprint density at radius 3 is 2.20 bits per heavy atom. The molecular weight excluding hydrogens is 432 g/mol. The number of aromatic nitrogens is 2. The Morgan fingerprint density at radius 1 is 0.767 bits per heavy atom. The van der Waals surface area contributed by atoms with Gasteiger partial charge < -0.3 is 0 Å². The predicted octanol–water partition coefficient (Wildman–Crippen LogP) is 6.60. The Morgan fingerprint density at radius 2 is 1.47 bits per heavy atom. The molecule has 4 aromatic carbocycles. The molecule has 4 heteroatoms. The van der Waals surface area contributed by atoms with Gasteiger partial charge in [0.2, 0.25) is 0 Å². The standard InChI is InChI=1S/C26H23FGeN2/c1-16-29-25(17-9-11-19(27)12-10-17)22-14-13-21-20-8-6-5-7-18(20)15-23(28(2,3)4)24(21)26(22)30-16/h5-15H,1-4H3. The van der Waals surface area contributed by atoms with Crippen LogP contribution in [0.5, 0.6) is 0 Å². The molecule has 0 N–H and O–H groups in total. The maximum atomic E-state index is 13.5. The summed E-state index contributed by atoms with van der Waals surface area (Å²) in [7, 11) is 0. The predicted molar refractivity (Wildman–Crippen MR) is 128 cm³/mol. The van der Waals surface area contributed by atoms with Gasteiger partial charge in [0, 0.05) is 0 Å². The molecule has 148 valence electrons. The normalized spacial score (nSPS) is 12.2. The first-order chi connectivity index (χ1) is 14.3. The molecule has 0 atom stereocenters. The molecule has 0 saturated carbocycles. The molecule has 5 aromatic rings. The molecule has 0 radical (unpaired) electrons. The quantitative estimate of drug-likeness (QED) is 0.222. The Kier molecular flexibility index (Phi) is 4.40. The second-order valence-electron chi connectivity index (χ2n) is 8.91. The number of aryl methyl sites for hydroxylation is 1. The Labute approximate surface area is 178 Å². The van der Waals surface area contributed by atoms with E-state index in [2.05, 4.69) is 59.7 Å². The summed E-state index contributed by atoms with van der Waals surface area (Å²) in [6.45, 7) is 1.94. The topological polar surface area (TPSA) is 25.8 Å². The van der Waals surface area contributed by atoms with Crippen LogP contribution in [0.25, 0.3) is 43.7 Å². The van der Waals surface area contributed by atoms with Crippen LogP contribution in [0.4, 0.5) is 4.39 Å². The van der Waals surface area contributed by atoms with E-state index < -0.39 is 13.3 Å². The summed E-state index contributed by atoms with van der Waals surface area (Å²) in [5.74, 6) is 7.77. The molecule has 1 heterocycles. The van der Waals surface area contributed by atoms with Crippen molar-refractivity contribution < 1.29 is 4.39 Å². The van der Waals surface area contributed by atoms with Gasteiger partial charge in [-0.15, -0.1) is 0 Å². The fraction of sp³-hybridized carbons (Fsp3) is 0.154. The summed E-state index contributed by atoms with van der Waals surface area (Å²) < 4.78 is 15.0. The number of fused-ring (bicyclic) bond motifs is 5. The van der Waals surface area contributed by atoms with Crippen LogP contribution in [0, 0.1) is 12.7 Å². The van der Waals surface area contributed by atoms with E-state index >= 15 is 0 Å². The van der Waals surface area contributed by atoms with Gasteiger partial charge in [0.15, 0.2) is 0 Å². The van der Waals surface area contributed by atoms with Crippen molar-refractivity contribution in [2.24, 2.45) is 0 Å². The van der Waals surface area contributed by atoms with Crippen LogP contribution in [0.3, 0.4) is 0 Å². The van der Waals surface area contributed by atoms with Crippen LogP contribution in [-0.4, -0.2) is 23.2 Å². The molecule has 0 bridgehead atoms. The molecule has 0 aliphatic rings. The second kappa shape index (κ2) is 6.88. The monoisotopic (exact) mass is 456 g/mol. The number of nitrogens with zero attached hydrogens (tertiary/aromatic N) is 2. The van der Waals surface area contributed by atoms with E-state index in [0.717, 1.165) is 28.0 Å². The van der Waals surface area contributed by atoms with Crippen molar-refractivity contribution in [1.29, 1.82) is 0 Å². The van der Waals surface area contributed by atoms with Crippen molar-refractivity contribution in [2.45, 2.75) is 24.2 Å². The van der Waals surface area contributed by atoms with Crippen molar-refractivity contribution in [3.63, 3.8) is 0 Å². The Hall–Kier alpha value is -2.79. The van der Waals surface area contributed by atoms with Crippen LogP contribution in [0.1, 0.15) is 5.82 Å². The first kappa shape index (κ1) is 19.2. The van der Waals surface area contributed by atoms with Crippen molar-refractivity contribution in [1.82, 2.24) is 9.97 Å². The number of halogens is 1. The summed E-state index contributed by atoms with van der Waals surface area (Å²) in [5, 5.41) is 6.06. The summed E-state index contributed by atoms with van der Waals surface area (Å²) in [6, 6.07) is 21.9. The molecule has 1 aromatic heterocycles. The summed E-state index contributed by atoms with van der Waals surface area (Å²) in [5.41, 5.74) is 2.77. The van der Waals surface area contributed by atoms with Gasteiger partial charge in [-0.1, -0.05) is 0 Å². The SMILES string of the molecule is Cc1nc(-c2ccc(F)cc2)c2ccc3c4ccccc4c[c]([Ge]([CH3])([CH3])[CH3])c3c2n1. The molecule has 0 unspecified atom stereocenters. The zero-order valence-corrected chi connectivity index (χ0v) is 19.7. The van der Waals surface area contributed by atoms with Gasteiger partial charge in [0.05, 0.1) is 0 Å². The van der Waals surface area contributed by atoms with Crippen LogP contribution in [0.2, 0.25) is 17.3 Å². The number of benzene rings is 4. The van der Waals surface area contributed by atoms with Gasteiger partial charge in [-0.3, -0.25) is 0 Å². The molecule has 0 spiro atoms. The fourth-order valence-electron chi connectivity index (χ4n) is 4.32. The van der Waals surface area contributed by atoms with Gasteiger partial charge in [0.25, 0.3) is 0 Å². The number of rotatable bonds is 2. The van der Waals surface area contributed by atoms with Gasteiger partial charge in [-0.05, 0) is 0 Å². The minimum absolute atomic E-state index is 0.242. The van der Waals surface area contributed by atoms with Crippen LogP contribution in [0.15, 0.2) is 66.7 Å². The van der Waals surface area contributed by atoms with E-state index in [0.29, 0.717) is 0 Å². The van der Waals surface area contributed by atoms with E-state index in [-0.39, 0.29) is 5.82 Å². The third-order valence-electron chi connectivity index (χ3n) is 5.73. The first-order valence-corrected chi connectivity index (χ1v) is 17.6. The van der Waals surface area contributed by atoms with Crippen LogP contribution in [-0.2, 0) is 0 Å². The fourth-order valence-corrected chi connectivity index (χ4v) is 7.66. The molecular formula is C26H23FGeN2. The summed E-state index contributed by atoms with van der Waals surface area (Å²) in [6.07, 6.45) is 0. The van der Waals surface area contributed by atoms with E-state index in [4.69, 9.17) is 9.97 Å². The molecule has 0 aliphatic carbocycles. The summed E-state index contributed by atoms with van der Waals surface area (Å²) >= 11 is -2.23. The number of hydrogen-bond donors (Lipinski definition) is 0. The molecule has 30 heavy (non-hydrogen) atoms. The van der Waals surface area contributed by atoms with Crippen molar-refractivity contribution in [3.8, 4) is 11.3 Å². The van der Waals surface area contributed by atoms with Gasteiger partial charge in [0.1, 0.15) is 0 Å². The van der Waals surface area contributed by atoms with Gasteiger partial charge in [-0.2, -0.15) is 0 Å². The van der Waals surface area contributed by atoms with Gasteiger partial charge in [-0.25, -0.2) is 0 Å². The first-order valence-electron chi connectivity index (χ1n) is 10.2. The van der Waals surface area contributed by atoms with Crippen molar-refractivity contribution in [2.75, 3.05) is 0 Å². The third-order valence-corrected chi connectivity index (χ3v) is 9.94. The molecule has 0 aliphatic heterocycles. The Balaban J connectivity index is 1.99. The molecule has 0 amide bonds. The van der Waals surface area contributed by atoms with Crippen molar-refractivity contribution in [3.05, 3.63) is 78.4 Å². The van der Waals surface area contributed by atoms with Crippen LogP contribution >= 0.6 is 0 Å². The Bertz CT molecular complexity index is 1430. The average molecular weight is 455 g/mol. The van der Waals surface area contributed by atoms with E-state index in [1.165, 1.54) is 38.1 Å². The van der Waals surface area contributed by atoms with E-state index in [9.17, 15) is 4.39 Å². The molecule has 5 rings (SSSR count). The van der Waals surface area contributed by atoms with Crippen LogP contribution < -0.4 is 4.40 Å². The number of hydrogen-bond acceptors (Lipinski definition) is 2. The second-order valence-corrected chi connectivity index (χ2v) is 19.5. The zero-order valence-electron chi connectivity index (χ0n) is 17.6. The molecule has 2 nitrogen and oxygen atoms in total.